The summed E-state index contributed by atoms with van der Waals surface area (Å²) >= 11 is 3.19. The Morgan fingerprint density at radius 3 is 2.94 bits per heavy atom. The zero-order chi connectivity index (χ0) is 12.5. The lowest BCUT2D eigenvalue weighted by Gasteiger charge is -2.01. The van der Waals surface area contributed by atoms with E-state index >= 15 is 0 Å². The van der Waals surface area contributed by atoms with Crippen LogP contribution in [0.3, 0.4) is 0 Å². The summed E-state index contributed by atoms with van der Waals surface area (Å²) in [4.78, 5) is 8.15. The first kappa shape index (κ1) is 11.2. The summed E-state index contributed by atoms with van der Waals surface area (Å²) in [5.41, 5.74) is 1.42. The number of aromatic nitrogens is 4. The Morgan fingerprint density at radius 1 is 1.44 bits per heavy atom. The average Bonchev–Trinajstić information content (AvgIpc) is 3.11. The van der Waals surface area contributed by atoms with Gasteiger partial charge in [-0.15, -0.1) is 0 Å². The van der Waals surface area contributed by atoms with E-state index in [0.29, 0.717) is 22.2 Å². The molecule has 0 bridgehead atoms. The van der Waals surface area contributed by atoms with Gasteiger partial charge in [-0.05, 0) is 28.8 Å². The van der Waals surface area contributed by atoms with Crippen LogP contribution in [0, 0.1) is 11.3 Å². The molecule has 1 aliphatic rings. The number of nitrogens with one attached hydrogen (secondary N) is 2. The van der Waals surface area contributed by atoms with Crippen LogP contribution in [0.2, 0.25) is 0 Å². The van der Waals surface area contributed by atoms with Gasteiger partial charge in [0.1, 0.15) is 10.7 Å². The van der Waals surface area contributed by atoms with Gasteiger partial charge in [-0.2, -0.15) is 10.4 Å². The van der Waals surface area contributed by atoms with E-state index in [-0.39, 0.29) is 5.69 Å². The van der Waals surface area contributed by atoms with Crippen LogP contribution in [0.4, 0.5) is 11.6 Å². The molecule has 3 rings (SSSR count). The van der Waals surface area contributed by atoms with Gasteiger partial charge >= 0.3 is 0 Å². The largest absolute Gasteiger partial charge is 0.322 e. The molecule has 0 saturated heterocycles. The molecule has 2 aromatic heterocycles. The molecule has 2 N–H and O–H groups in total. The van der Waals surface area contributed by atoms with Crippen LogP contribution >= 0.6 is 15.9 Å². The number of anilines is 2. The second-order valence-corrected chi connectivity index (χ2v) is 4.87. The van der Waals surface area contributed by atoms with Gasteiger partial charge in [0.15, 0.2) is 17.3 Å². The van der Waals surface area contributed by atoms with Crippen LogP contribution in [0.15, 0.2) is 16.9 Å². The number of halogens is 1. The first-order valence-electron chi connectivity index (χ1n) is 5.51. The van der Waals surface area contributed by atoms with Crippen molar-refractivity contribution in [2.75, 3.05) is 5.32 Å². The number of rotatable bonds is 3. The fourth-order valence-corrected chi connectivity index (χ4v) is 2.02. The molecule has 6 nitrogen and oxygen atoms in total. The predicted octanol–water partition coefficient (Wildman–Crippen LogP) is 2.45. The summed E-state index contributed by atoms with van der Waals surface area (Å²) in [5, 5.41) is 19.0. The lowest BCUT2D eigenvalue weighted by atomic mass is 10.3. The molecule has 0 atom stereocenters. The molecule has 7 heteroatoms. The van der Waals surface area contributed by atoms with Crippen LogP contribution in [0.25, 0.3) is 0 Å². The normalized spacial score (nSPS) is 14.2. The number of H-pyrrole nitrogens is 1. The third-order valence-corrected chi connectivity index (χ3v) is 3.26. The SMILES string of the molecule is N#Cc1ncc(Nc2cc(C3CC3)[nH]n2)nc1Br. The van der Waals surface area contributed by atoms with Crippen LogP contribution in [-0.2, 0) is 0 Å². The molecule has 0 aromatic carbocycles. The van der Waals surface area contributed by atoms with Crippen molar-refractivity contribution in [1.82, 2.24) is 20.2 Å². The van der Waals surface area contributed by atoms with Crippen molar-refractivity contribution >= 4 is 27.6 Å². The third kappa shape index (κ3) is 2.19. The van der Waals surface area contributed by atoms with Crippen molar-refractivity contribution < 1.29 is 0 Å². The second kappa shape index (κ2) is 4.38. The van der Waals surface area contributed by atoms with Crippen molar-refractivity contribution in [3.63, 3.8) is 0 Å². The van der Waals surface area contributed by atoms with Gasteiger partial charge in [0, 0.05) is 17.7 Å². The number of aromatic amines is 1. The van der Waals surface area contributed by atoms with Gasteiger partial charge in [0.05, 0.1) is 6.20 Å². The Bertz CT molecular complexity index is 625. The molecule has 0 unspecified atom stereocenters. The van der Waals surface area contributed by atoms with Crippen molar-refractivity contribution in [1.29, 1.82) is 5.26 Å². The monoisotopic (exact) mass is 304 g/mol. The predicted molar refractivity (Wildman–Crippen MR) is 68.3 cm³/mol. The molecular formula is C11H9BrN6. The first-order valence-corrected chi connectivity index (χ1v) is 6.30. The maximum absolute atomic E-state index is 8.75. The zero-order valence-electron chi connectivity index (χ0n) is 9.31. The fourth-order valence-electron chi connectivity index (χ4n) is 1.64. The molecule has 2 aromatic rings. The molecule has 1 fully saturated rings. The summed E-state index contributed by atoms with van der Waals surface area (Å²) in [6, 6.07) is 3.92. The number of nitriles is 1. The van der Waals surface area contributed by atoms with E-state index in [2.05, 4.69) is 41.4 Å². The summed E-state index contributed by atoms with van der Waals surface area (Å²) in [6.07, 6.45) is 3.96. The second-order valence-electron chi connectivity index (χ2n) is 4.11. The van der Waals surface area contributed by atoms with E-state index in [1.807, 2.05) is 12.1 Å². The highest BCUT2D eigenvalue weighted by molar-refractivity contribution is 9.10. The molecular weight excluding hydrogens is 296 g/mol. The topological polar surface area (TPSA) is 90.3 Å². The maximum atomic E-state index is 8.75. The zero-order valence-corrected chi connectivity index (χ0v) is 10.9. The van der Waals surface area contributed by atoms with Gasteiger partial charge in [0.25, 0.3) is 0 Å². The van der Waals surface area contributed by atoms with Crippen molar-refractivity contribution in [2.45, 2.75) is 18.8 Å². The van der Waals surface area contributed by atoms with E-state index in [1.54, 1.807) is 0 Å². The molecule has 0 amide bonds. The Labute approximate surface area is 112 Å². The standard InChI is InChI=1S/C11H9BrN6/c12-11-8(4-13)14-5-10(16-11)15-9-3-7(17-18-9)6-1-2-6/h3,5-6H,1-2H2,(H2,15,16,17,18). The quantitative estimate of drug-likeness (QED) is 0.909. The molecule has 1 aliphatic carbocycles. The molecule has 0 spiro atoms. The summed E-state index contributed by atoms with van der Waals surface area (Å²) in [5.74, 6) is 1.89. The molecule has 18 heavy (non-hydrogen) atoms. The smallest absolute Gasteiger partial charge is 0.173 e. The number of hydrogen-bond donors (Lipinski definition) is 2. The summed E-state index contributed by atoms with van der Waals surface area (Å²) in [6.45, 7) is 0. The van der Waals surface area contributed by atoms with E-state index in [0.717, 1.165) is 5.69 Å². The minimum atomic E-state index is 0.265. The molecule has 1 saturated carbocycles. The van der Waals surface area contributed by atoms with Gasteiger partial charge in [-0.25, -0.2) is 9.97 Å². The summed E-state index contributed by atoms with van der Waals surface area (Å²) < 4.78 is 0.424. The van der Waals surface area contributed by atoms with Crippen molar-refractivity contribution in [2.24, 2.45) is 0 Å². The first-order chi connectivity index (χ1) is 8.76. The van der Waals surface area contributed by atoms with E-state index in [9.17, 15) is 0 Å². The number of hydrogen-bond acceptors (Lipinski definition) is 5. The Kier molecular flexibility index (Phi) is 2.72. The highest BCUT2D eigenvalue weighted by atomic mass is 79.9. The average molecular weight is 305 g/mol. The summed E-state index contributed by atoms with van der Waals surface area (Å²) in [7, 11) is 0. The van der Waals surface area contributed by atoms with Crippen LogP contribution < -0.4 is 5.32 Å². The Morgan fingerprint density at radius 2 is 2.28 bits per heavy atom. The maximum Gasteiger partial charge on any atom is 0.173 e. The van der Waals surface area contributed by atoms with E-state index < -0.39 is 0 Å². The van der Waals surface area contributed by atoms with Crippen LogP contribution in [0.5, 0.6) is 0 Å². The lowest BCUT2D eigenvalue weighted by Crippen LogP contribution is -1.97. The van der Waals surface area contributed by atoms with Crippen molar-refractivity contribution in [3.8, 4) is 6.07 Å². The van der Waals surface area contributed by atoms with Crippen molar-refractivity contribution in [3.05, 3.63) is 28.3 Å². The van der Waals surface area contributed by atoms with Gasteiger partial charge < -0.3 is 5.32 Å². The van der Waals surface area contributed by atoms with Gasteiger partial charge in [0.2, 0.25) is 0 Å². The minimum Gasteiger partial charge on any atom is -0.322 e. The third-order valence-electron chi connectivity index (χ3n) is 2.71. The van der Waals surface area contributed by atoms with Gasteiger partial charge in [-0.1, -0.05) is 0 Å². The van der Waals surface area contributed by atoms with Crippen LogP contribution in [-0.4, -0.2) is 20.2 Å². The Balaban J connectivity index is 1.78. The minimum absolute atomic E-state index is 0.265. The van der Waals surface area contributed by atoms with E-state index in [1.165, 1.54) is 19.0 Å². The molecule has 90 valence electrons. The Hall–Kier alpha value is -1.94. The molecule has 2 heterocycles. The van der Waals surface area contributed by atoms with Crippen LogP contribution in [0.1, 0.15) is 30.1 Å². The highest BCUT2D eigenvalue weighted by Gasteiger charge is 2.25. The lowest BCUT2D eigenvalue weighted by molar-refractivity contribution is 0.966. The molecule has 0 radical (unpaired) electrons. The highest BCUT2D eigenvalue weighted by Crippen LogP contribution is 2.39. The molecule has 0 aliphatic heterocycles. The number of nitrogens with zero attached hydrogens (tertiary/aromatic N) is 4. The fraction of sp³-hybridized carbons (Fsp3) is 0.273. The van der Waals surface area contributed by atoms with Gasteiger partial charge in [-0.3, -0.25) is 5.10 Å². The van der Waals surface area contributed by atoms with E-state index in [4.69, 9.17) is 5.26 Å².